The number of anilines is 1. The molecule has 0 amide bonds. The first-order valence-electron chi connectivity index (χ1n) is 6.96. The van der Waals surface area contributed by atoms with Crippen molar-refractivity contribution in [3.8, 4) is 5.75 Å². The molecular weight excluding hydrogens is 270 g/mol. The van der Waals surface area contributed by atoms with Gasteiger partial charge in [0.2, 0.25) is 0 Å². The summed E-state index contributed by atoms with van der Waals surface area (Å²) in [5.41, 5.74) is 3.79. The van der Waals surface area contributed by atoms with Gasteiger partial charge >= 0.3 is 0 Å². The van der Waals surface area contributed by atoms with E-state index >= 15 is 0 Å². The van der Waals surface area contributed by atoms with Crippen LogP contribution in [0, 0.1) is 0 Å². The zero-order valence-corrected chi connectivity index (χ0v) is 12.3. The summed E-state index contributed by atoms with van der Waals surface area (Å²) in [6.07, 6.45) is 3.51. The van der Waals surface area contributed by atoms with E-state index in [0.29, 0.717) is 6.04 Å². The molecule has 3 rings (SSSR count). The molecule has 0 saturated heterocycles. The summed E-state index contributed by atoms with van der Waals surface area (Å²) in [5.74, 6) is 0.831. The maximum Gasteiger partial charge on any atom is 0.142 e. The Morgan fingerprint density at radius 3 is 2.90 bits per heavy atom. The van der Waals surface area contributed by atoms with Gasteiger partial charge in [0.1, 0.15) is 5.75 Å². The quantitative estimate of drug-likeness (QED) is 0.872. The Bertz CT molecular complexity index is 612. The van der Waals surface area contributed by atoms with Gasteiger partial charge in [0.25, 0.3) is 0 Å². The lowest BCUT2D eigenvalue weighted by molar-refractivity contribution is 0.415. The van der Waals surface area contributed by atoms with Gasteiger partial charge in [0, 0.05) is 5.02 Å². The van der Waals surface area contributed by atoms with Gasteiger partial charge in [0.05, 0.1) is 18.8 Å². The van der Waals surface area contributed by atoms with Crippen LogP contribution >= 0.6 is 11.6 Å². The first-order valence-corrected chi connectivity index (χ1v) is 7.33. The fourth-order valence-corrected chi connectivity index (χ4v) is 3.06. The number of hydrogen-bond donors (Lipinski definition) is 1. The van der Waals surface area contributed by atoms with Crippen molar-refractivity contribution in [3.63, 3.8) is 0 Å². The molecule has 0 heterocycles. The Morgan fingerprint density at radius 1 is 1.20 bits per heavy atom. The Labute approximate surface area is 124 Å². The fraction of sp³-hybridized carbons (Fsp3) is 0.294. The van der Waals surface area contributed by atoms with Gasteiger partial charge in [-0.05, 0) is 48.6 Å². The van der Waals surface area contributed by atoms with Crippen molar-refractivity contribution in [2.75, 3.05) is 12.4 Å². The predicted octanol–water partition coefficient (Wildman–Crippen LogP) is 4.84. The molecule has 2 nitrogen and oxygen atoms in total. The molecule has 0 bridgehead atoms. The van der Waals surface area contributed by atoms with E-state index in [1.807, 2.05) is 18.2 Å². The van der Waals surface area contributed by atoms with E-state index in [2.05, 4.69) is 29.6 Å². The van der Waals surface area contributed by atoms with Crippen molar-refractivity contribution in [3.05, 3.63) is 58.6 Å². The molecule has 0 aromatic heterocycles. The summed E-state index contributed by atoms with van der Waals surface area (Å²) in [5, 5.41) is 4.31. The number of benzene rings is 2. The summed E-state index contributed by atoms with van der Waals surface area (Å²) in [6.45, 7) is 0. The topological polar surface area (TPSA) is 21.3 Å². The van der Waals surface area contributed by atoms with Gasteiger partial charge in [0.15, 0.2) is 0 Å². The normalized spacial score (nSPS) is 17.4. The third-order valence-electron chi connectivity index (χ3n) is 3.86. The molecule has 3 heteroatoms. The van der Waals surface area contributed by atoms with Gasteiger partial charge in [-0.3, -0.25) is 0 Å². The van der Waals surface area contributed by atoms with Crippen LogP contribution in [0.5, 0.6) is 5.75 Å². The molecule has 0 aliphatic heterocycles. The monoisotopic (exact) mass is 287 g/mol. The van der Waals surface area contributed by atoms with E-state index in [4.69, 9.17) is 16.3 Å². The summed E-state index contributed by atoms with van der Waals surface area (Å²) in [6, 6.07) is 14.7. The van der Waals surface area contributed by atoms with Crippen LogP contribution in [0.1, 0.15) is 30.0 Å². The minimum Gasteiger partial charge on any atom is -0.495 e. The summed E-state index contributed by atoms with van der Waals surface area (Å²) < 4.78 is 5.41. The molecule has 104 valence electrons. The van der Waals surface area contributed by atoms with Crippen molar-refractivity contribution in [1.29, 1.82) is 0 Å². The molecule has 0 saturated carbocycles. The lowest BCUT2D eigenvalue weighted by Crippen LogP contribution is -2.17. The van der Waals surface area contributed by atoms with E-state index < -0.39 is 0 Å². The molecule has 1 aliphatic carbocycles. The molecule has 0 fully saturated rings. The number of methoxy groups -OCH3 is 1. The second kappa shape index (κ2) is 5.76. The molecule has 2 aromatic rings. The Hall–Kier alpha value is -1.67. The van der Waals surface area contributed by atoms with E-state index in [0.717, 1.165) is 22.9 Å². The van der Waals surface area contributed by atoms with Crippen molar-refractivity contribution in [2.24, 2.45) is 0 Å². The number of hydrogen-bond acceptors (Lipinski definition) is 2. The van der Waals surface area contributed by atoms with Crippen molar-refractivity contribution < 1.29 is 4.74 Å². The van der Waals surface area contributed by atoms with Crippen LogP contribution in [0.4, 0.5) is 5.69 Å². The molecule has 2 aromatic carbocycles. The maximum absolute atomic E-state index is 6.10. The molecule has 1 N–H and O–H groups in total. The highest BCUT2D eigenvalue weighted by atomic mass is 35.5. The fourth-order valence-electron chi connectivity index (χ4n) is 2.88. The van der Waals surface area contributed by atoms with Crippen molar-refractivity contribution in [2.45, 2.75) is 25.3 Å². The van der Waals surface area contributed by atoms with Gasteiger partial charge in [-0.2, -0.15) is 0 Å². The maximum atomic E-state index is 6.10. The number of ether oxygens (including phenoxy) is 1. The van der Waals surface area contributed by atoms with Gasteiger partial charge in [-0.25, -0.2) is 0 Å². The summed E-state index contributed by atoms with van der Waals surface area (Å²) in [7, 11) is 1.68. The van der Waals surface area contributed by atoms with Crippen LogP contribution in [0.25, 0.3) is 0 Å². The molecule has 20 heavy (non-hydrogen) atoms. The third-order valence-corrected chi connectivity index (χ3v) is 4.10. The van der Waals surface area contributed by atoms with Crippen LogP contribution in [-0.4, -0.2) is 7.11 Å². The van der Waals surface area contributed by atoms with E-state index in [-0.39, 0.29) is 0 Å². The molecule has 0 radical (unpaired) electrons. The van der Waals surface area contributed by atoms with E-state index in [9.17, 15) is 0 Å². The van der Waals surface area contributed by atoms with E-state index in [1.165, 1.54) is 24.0 Å². The third kappa shape index (κ3) is 2.61. The Morgan fingerprint density at radius 2 is 2.05 bits per heavy atom. The molecule has 1 aliphatic rings. The van der Waals surface area contributed by atoms with Gasteiger partial charge in [-0.1, -0.05) is 35.9 Å². The van der Waals surface area contributed by atoms with Crippen LogP contribution in [-0.2, 0) is 6.42 Å². The van der Waals surface area contributed by atoms with Crippen molar-refractivity contribution in [1.82, 2.24) is 0 Å². The van der Waals surface area contributed by atoms with Gasteiger partial charge < -0.3 is 10.1 Å². The number of halogens is 1. The standard InChI is InChI=1S/C17H18ClNO/c1-20-17-10-9-13(18)11-16(17)19-15-8-4-6-12-5-2-3-7-14(12)15/h2-3,5,7,9-11,15,19H,4,6,8H2,1H3. The lowest BCUT2D eigenvalue weighted by Gasteiger charge is -2.28. The first kappa shape index (κ1) is 13.3. The van der Waals surface area contributed by atoms with Crippen LogP contribution in [0.2, 0.25) is 5.02 Å². The Balaban J connectivity index is 1.91. The van der Waals surface area contributed by atoms with E-state index in [1.54, 1.807) is 7.11 Å². The van der Waals surface area contributed by atoms with Gasteiger partial charge in [-0.15, -0.1) is 0 Å². The minimum absolute atomic E-state index is 0.326. The highest BCUT2D eigenvalue weighted by Gasteiger charge is 2.20. The highest BCUT2D eigenvalue weighted by Crippen LogP contribution is 2.36. The second-order valence-electron chi connectivity index (χ2n) is 5.13. The lowest BCUT2D eigenvalue weighted by atomic mass is 9.87. The molecule has 1 atom stereocenters. The minimum atomic E-state index is 0.326. The number of fused-ring (bicyclic) bond motifs is 1. The zero-order chi connectivity index (χ0) is 13.9. The number of aryl methyl sites for hydroxylation is 1. The summed E-state index contributed by atoms with van der Waals surface area (Å²) in [4.78, 5) is 0. The van der Waals surface area contributed by atoms with Crippen LogP contribution in [0.3, 0.4) is 0 Å². The Kier molecular flexibility index (Phi) is 3.83. The molecular formula is C17H18ClNO. The first-order chi connectivity index (χ1) is 9.78. The highest BCUT2D eigenvalue weighted by molar-refractivity contribution is 6.30. The smallest absolute Gasteiger partial charge is 0.142 e. The average Bonchev–Trinajstić information content (AvgIpc) is 2.48. The SMILES string of the molecule is COc1ccc(Cl)cc1NC1CCCc2ccccc21. The molecule has 0 spiro atoms. The number of nitrogens with one attached hydrogen (secondary N) is 1. The van der Waals surface area contributed by atoms with Crippen molar-refractivity contribution >= 4 is 17.3 Å². The average molecular weight is 288 g/mol. The largest absolute Gasteiger partial charge is 0.495 e. The molecule has 1 unspecified atom stereocenters. The zero-order valence-electron chi connectivity index (χ0n) is 11.5. The predicted molar refractivity (Wildman–Crippen MR) is 83.7 cm³/mol. The summed E-state index contributed by atoms with van der Waals surface area (Å²) >= 11 is 6.10. The van der Waals surface area contributed by atoms with Crippen LogP contribution in [0.15, 0.2) is 42.5 Å². The number of rotatable bonds is 3. The van der Waals surface area contributed by atoms with Crippen LogP contribution < -0.4 is 10.1 Å². The second-order valence-corrected chi connectivity index (χ2v) is 5.57.